The Kier molecular flexibility index (Phi) is 3.19. The van der Waals surface area contributed by atoms with Gasteiger partial charge in [-0.25, -0.2) is 9.37 Å². The van der Waals surface area contributed by atoms with Crippen molar-refractivity contribution in [2.75, 3.05) is 0 Å². The van der Waals surface area contributed by atoms with E-state index in [-0.39, 0.29) is 11.6 Å². The molecule has 0 fully saturated rings. The molecule has 3 aromatic rings. The maximum absolute atomic E-state index is 12.8. The van der Waals surface area contributed by atoms with Crippen LogP contribution in [-0.2, 0) is 6.54 Å². The number of imidazole rings is 1. The molecule has 21 heavy (non-hydrogen) atoms. The molecule has 8 heteroatoms. The third-order valence-electron chi connectivity index (χ3n) is 2.79. The van der Waals surface area contributed by atoms with Crippen LogP contribution in [0.2, 0.25) is 0 Å². The quantitative estimate of drug-likeness (QED) is 0.544. The van der Waals surface area contributed by atoms with Gasteiger partial charge in [-0.3, -0.25) is 0 Å². The van der Waals surface area contributed by atoms with Gasteiger partial charge in [0, 0.05) is 5.56 Å². The van der Waals surface area contributed by atoms with Gasteiger partial charge in [-0.2, -0.15) is 0 Å². The molecular formula is C13H9FN4O3. The van der Waals surface area contributed by atoms with Gasteiger partial charge in [-0.1, -0.05) is 0 Å². The molecule has 0 aliphatic heterocycles. The molecule has 2 heterocycles. The van der Waals surface area contributed by atoms with Crippen molar-refractivity contribution >= 4 is 5.82 Å². The Morgan fingerprint density at radius 2 is 2.10 bits per heavy atom. The first-order valence-electron chi connectivity index (χ1n) is 5.98. The van der Waals surface area contributed by atoms with Crippen LogP contribution in [0.25, 0.3) is 11.5 Å². The van der Waals surface area contributed by atoms with Crippen molar-refractivity contribution in [2.45, 2.75) is 6.54 Å². The summed E-state index contributed by atoms with van der Waals surface area (Å²) in [6, 6.07) is 5.76. The van der Waals surface area contributed by atoms with E-state index in [1.807, 2.05) is 0 Å². The Bertz CT molecular complexity index is 779. The molecule has 0 unspecified atom stereocenters. The second-order valence-electron chi connectivity index (χ2n) is 4.31. The molecule has 0 bridgehead atoms. The molecule has 0 amide bonds. The summed E-state index contributed by atoms with van der Waals surface area (Å²) < 4.78 is 19.7. The van der Waals surface area contributed by atoms with Crippen molar-refractivity contribution in [1.29, 1.82) is 0 Å². The summed E-state index contributed by atoms with van der Waals surface area (Å²) in [7, 11) is 0. The fourth-order valence-corrected chi connectivity index (χ4v) is 1.82. The van der Waals surface area contributed by atoms with Crippen LogP contribution in [-0.4, -0.2) is 19.5 Å². The highest BCUT2D eigenvalue weighted by atomic mass is 19.1. The summed E-state index contributed by atoms with van der Waals surface area (Å²) in [4.78, 5) is 17.9. The number of nitrogens with zero attached hydrogens (tertiary/aromatic N) is 4. The summed E-state index contributed by atoms with van der Waals surface area (Å²) in [5, 5.41) is 10.5. The molecule has 0 atom stereocenters. The predicted octanol–water partition coefficient (Wildman–Crippen LogP) is 2.63. The van der Waals surface area contributed by atoms with E-state index in [1.165, 1.54) is 35.5 Å². The highest BCUT2D eigenvalue weighted by molar-refractivity contribution is 5.52. The molecule has 2 aromatic heterocycles. The average Bonchev–Trinajstić information content (AvgIpc) is 3.10. The maximum Gasteiger partial charge on any atom is 0.381 e. The van der Waals surface area contributed by atoms with Crippen LogP contribution in [0.5, 0.6) is 0 Å². The van der Waals surface area contributed by atoms with Gasteiger partial charge in [-0.05, 0) is 34.2 Å². The molecule has 1 aromatic carbocycles. The fraction of sp³-hybridized carbons (Fsp3) is 0.0769. The zero-order chi connectivity index (χ0) is 14.8. The minimum Gasteiger partial charge on any atom is -0.444 e. The second-order valence-corrected chi connectivity index (χ2v) is 4.31. The largest absolute Gasteiger partial charge is 0.444 e. The van der Waals surface area contributed by atoms with Gasteiger partial charge < -0.3 is 19.1 Å². The Morgan fingerprint density at radius 3 is 2.76 bits per heavy atom. The third kappa shape index (κ3) is 2.78. The van der Waals surface area contributed by atoms with Crippen molar-refractivity contribution in [1.82, 2.24) is 14.5 Å². The molecule has 0 radical (unpaired) electrons. The zero-order valence-corrected chi connectivity index (χ0v) is 10.6. The summed E-state index contributed by atoms with van der Waals surface area (Å²) in [6.07, 6.45) is 4.11. The number of aromatic nitrogens is 3. The van der Waals surface area contributed by atoms with Crippen molar-refractivity contribution in [3.05, 3.63) is 64.7 Å². The van der Waals surface area contributed by atoms with Crippen LogP contribution in [0, 0.1) is 15.9 Å². The Balaban J connectivity index is 1.78. The first-order valence-corrected chi connectivity index (χ1v) is 5.98. The highest BCUT2D eigenvalue weighted by Crippen LogP contribution is 2.19. The van der Waals surface area contributed by atoms with Crippen LogP contribution in [0.4, 0.5) is 10.2 Å². The first-order chi connectivity index (χ1) is 10.1. The lowest BCUT2D eigenvalue weighted by molar-refractivity contribution is -0.389. The van der Waals surface area contributed by atoms with E-state index in [0.717, 1.165) is 0 Å². The number of rotatable bonds is 4. The molecule has 0 aliphatic rings. The summed E-state index contributed by atoms with van der Waals surface area (Å²) in [6.45, 7) is 0.297. The minimum absolute atomic E-state index is 0.225. The van der Waals surface area contributed by atoms with Crippen LogP contribution in [0.15, 0.2) is 47.5 Å². The van der Waals surface area contributed by atoms with Gasteiger partial charge in [0.1, 0.15) is 18.3 Å². The Morgan fingerprint density at radius 1 is 1.33 bits per heavy atom. The van der Waals surface area contributed by atoms with E-state index in [4.69, 9.17) is 4.42 Å². The van der Waals surface area contributed by atoms with Gasteiger partial charge in [0.15, 0.2) is 0 Å². The van der Waals surface area contributed by atoms with Crippen LogP contribution >= 0.6 is 0 Å². The predicted molar refractivity (Wildman–Crippen MR) is 69.9 cm³/mol. The van der Waals surface area contributed by atoms with Gasteiger partial charge in [0.2, 0.25) is 12.2 Å². The van der Waals surface area contributed by atoms with E-state index in [2.05, 4.69) is 9.97 Å². The smallest absolute Gasteiger partial charge is 0.381 e. The van der Waals surface area contributed by atoms with Crippen molar-refractivity contribution in [3.8, 4) is 11.5 Å². The summed E-state index contributed by atoms with van der Waals surface area (Å²) in [5.41, 5.74) is 1.24. The maximum atomic E-state index is 12.8. The standard InChI is InChI=1S/C13H9FN4O3/c14-10-3-1-9(2-4-10)13-16-11(7-21-13)5-17-6-12(15-8-17)18(19)20/h1-4,6-8H,5H2. The number of halogens is 1. The van der Waals surface area contributed by atoms with E-state index >= 15 is 0 Å². The molecule has 0 saturated heterocycles. The lowest BCUT2D eigenvalue weighted by Crippen LogP contribution is -1.96. The molecular weight excluding hydrogens is 279 g/mol. The molecule has 3 rings (SSSR count). The lowest BCUT2D eigenvalue weighted by atomic mass is 10.2. The molecule has 0 saturated carbocycles. The van der Waals surface area contributed by atoms with E-state index < -0.39 is 4.92 Å². The summed E-state index contributed by atoms with van der Waals surface area (Å²) >= 11 is 0. The van der Waals surface area contributed by atoms with Crippen LogP contribution < -0.4 is 0 Å². The third-order valence-corrected chi connectivity index (χ3v) is 2.79. The topological polar surface area (TPSA) is 87.0 Å². The molecule has 7 nitrogen and oxygen atoms in total. The van der Waals surface area contributed by atoms with E-state index in [9.17, 15) is 14.5 Å². The van der Waals surface area contributed by atoms with Gasteiger partial charge in [0.25, 0.3) is 0 Å². The molecule has 106 valence electrons. The average molecular weight is 288 g/mol. The zero-order valence-electron chi connectivity index (χ0n) is 10.6. The van der Waals surface area contributed by atoms with Gasteiger partial charge in [-0.15, -0.1) is 0 Å². The van der Waals surface area contributed by atoms with Gasteiger partial charge >= 0.3 is 5.82 Å². The second kappa shape index (κ2) is 5.16. The highest BCUT2D eigenvalue weighted by Gasteiger charge is 2.12. The van der Waals surface area contributed by atoms with Crippen molar-refractivity contribution in [3.63, 3.8) is 0 Å². The number of hydrogen-bond donors (Lipinski definition) is 0. The number of nitro groups is 1. The lowest BCUT2D eigenvalue weighted by Gasteiger charge is -1.95. The number of oxazole rings is 1. The van der Waals surface area contributed by atoms with Crippen LogP contribution in [0.3, 0.4) is 0 Å². The normalized spacial score (nSPS) is 10.7. The molecule has 0 N–H and O–H groups in total. The van der Waals surface area contributed by atoms with Crippen molar-refractivity contribution < 1.29 is 13.7 Å². The van der Waals surface area contributed by atoms with Gasteiger partial charge in [0.05, 0.1) is 12.2 Å². The van der Waals surface area contributed by atoms with E-state index in [1.54, 1.807) is 12.1 Å². The SMILES string of the molecule is O=[N+]([O-])c1cn(Cc2coc(-c3ccc(F)cc3)n2)cn1. The number of benzene rings is 1. The molecule has 0 aliphatic carbocycles. The monoisotopic (exact) mass is 288 g/mol. The fourth-order valence-electron chi connectivity index (χ4n) is 1.82. The molecule has 0 spiro atoms. The van der Waals surface area contributed by atoms with Crippen LogP contribution in [0.1, 0.15) is 5.69 Å². The van der Waals surface area contributed by atoms with Crippen molar-refractivity contribution in [2.24, 2.45) is 0 Å². The van der Waals surface area contributed by atoms with E-state index in [0.29, 0.717) is 23.7 Å². The summed E-state index contributed by atoms with van der Waals surface area (Å²) in [5.74, 6) is -0.201. The number of hydrogen-bond acceptors (Lipinski definition) is 5. The first kappa shape index (κ1) is 13.0. The Labute approximate surface area is 117 Å². The Hall–Kier alpha value is -3.03. The minimum atomic E-state index is -0.566.